The van der Waals surface area contributed by atoms with E-state index in [9.17, 15) is 78.3 Å². The van der Waals surface area contributed by atoms with Crippen LogP contribution in [0.4, 0.5) is 23.8 Å². The number of aliphatic hydroxyl groups excluding tert-OH is 6. The standard InChI is InChI=1S/C22H31N5O8.C16H24N6O7.C14H19N5O6.C11H15N5O6.2ClH/c1-9(2)11(7-10(3)28)19(30)32-8-12-14-15(35-22(4,5)34-14)18(33-12)27-16-13(26(6)21(27)31)17(29)25-20(23)24-16;1-5(2)7(17)14(26)28-4-6-9(23)10(24)13(29-6)22-11-8(21(3)16(22)27)12(25)20-15(18)19-11;1-14(2)24-7-5(4-20)23-11(8(7)25-14)19-9-6(18(3)13(19)22)10(21)17-12(15)16-9;1-15-4-7(13-10(12)14-8(4)20)16(11(15)21)9-6(19)5(18)3(2-17)22-9;;/h9,11-12,14-15,18H,7-8H2,1-6H3,(H3,23,24,25,29);5-7,9-10,13,23-24H,4,17H2,1-3H3,(H3,18,19,20,25);5,7-8,11,20H,4H2,1-3H3,(H3,15,16,17,21);3,5-6,9,17-19H,2H2,1H3,(H3,12,13,14,20);2*1H/t11-,12+,14+,15?,18+;6-,7+,9-,10-,13-;5-,7-,8?,11-;3-,5-,6-,9-;;/m0111../s1. The minimum absolute atomic E-state index is 0. The molecular formula is C63H91Cl2N21O27. The fourth-order valence-electron chi connectivity index (χ4n) is 14.0. The molecule has 48 nitrogen and oxygen atoms in total. The maximum absolute atomic E-state index is 13.1. The van der Waals surface area contributed by atoms with Crippen LogP contribution in [0.3, 0.4) is 0 Å². The van der Waals surface area contributed by atoms with Crippen molar-refractivity contribution >= 4 is 111 Å². The number of nitrogens with one attached hydrogen (secondary N) is 4. The number of aromatic nitrogens is 16. The average molecular weight is 1650 g/mol. The summed E-state index contributed by atoms with van der Waals surface area (Å²) in [6, 6.07) is -0.853. The predicted molar refractivity (Wildman–Crippen MR) is 394 cm³/mol. The van der Waals surface area contributed by atoms with Crippen LogP contribution in [0.15, 0.2) is 38.4 Å². The lowest BCUT2D eigenvalue weighted by molar-refractivity contribution is -0.203. The Kier molecular flexibility index (Phi) is 25.6. The molecule has 8 aromatic rings. The van der Waals surface area contributed by atoms with Crippen molar-refractivity contribution in [2.75, 3.05) is 49.4 Å². The molecular weight excluding hydrogens is 1550 g/mol. The Morgan fingerprint density at radius 1 is 0.451 bits per heavy atom. The van der Waals surface area contributed by atoms with Crippen molar-refractivity contribution < 1.29 is 92.4 Å². The van der Waals surface area contributed by atoms with Crippen molar-refractivity contribution in [2.45, 2.75) is 185 Å². The smallest absolute Gasteiger partial charge is 0.332 e. The third kappa shape index (κ3) is 16.2. The van der Waals surface area contributed by atoms with Crippen LogP contribution in [0.2, 0.25) is 0 Å². The van der Waals surface area contributed by atoms with E-state index in [1.165, 1.54) is 48.8 Å². The molecule has 50 heteroatoms. The van der Waals surface area contributed by atoms with Crippen molar-refractivity contribution in [3.05, 3.63) is 83.4 Å². The third-order valence-electron chi connectivity index (χ3n) is 19.5. The highest BCUT2D eigenvalue weighted by atomic mass is 35.5. The Hall–Kier alpha value is -9.61. The zero-order valence-electron chi connectivity index (χ0n) is 62.9. The molecule has 624 valence electrons. The van der Waals surface area contributed by atoms with Crippen LogP contribution in [0.25, 0.3) is 44.7 Å². The number of H-pyrrole nitrogens is 4. The zero-order valence-corrected chi connectivity index (χ0v) is 64.5. The Bertz CT molecular complexity index is 5440. The number of ether oxygens (including phenoxy) is 10. The number of anilines is 4. The van der Waals surface area contributed by atoms with Crippen LogP contribution in [0.5, 0.6) is 0 Å². The molecule has 6 saturated heterocycles. The second-order valence-corrected chi connectivity index (χ2v) is 28.8. The van der Waals surface area contributed by atoms with Gasteiger partial charge >= 0.3 is 34.7 Å². The monoisotopic (exact) mass is 1640 g/mol. The maximum atomic E-state index is 13.1. The van der Waals surface area contributed by atoms with E-state index in [4.69, 9.17) is 81.1 Å². The summed E-state index contributed by atoms with van der Waals surface area (Å²) in [7, 11) is 5.60. The van der Waals surface area contributed by atoms with Gasteiger partial charge in [0.05, 0.1) is 19.1 Å². The van der Waals surface area contributed by atoms with Crippen LogP contribution in [-0.2, 0) is 89.9 Å². The van der Waals surface area contributed by atoms with Gasteiger partial charge in [-0.2, -0.15) is 19.9 Å². The number of rotatable bonds is 16. The van der Waals surface area contributed by atoms with Crippen LogP contribution < -0.4 is 73.7 Å². The Morgan fingerprint density at radius 3 is 1.07 bits per heavy atom. The number of carbonyl (C=O) groups excluding carboxylic acids is 3. The van der Waals surface area contributed by atoms with E-state index >= 15 is 0 Å². The van der Waals surface area contributed by atoms with E-state index in [-0.39, 0.29) is 137 Å². The first kappa shape index (κ1) is 87.4. The van der Waals surface area contributed by atoms with Gasteiger partial charge in [-0.25, -0.2) is 37.4 Å². The van der Waals surface area contributed by atoms with E-state index in [0.29, 0.717) is 0 Å². The van der Waals surface area contributed by atoms with Gasteiger partial charge in [0.1, 0.15) is 98.3 Å². The summed E-state index contributed by atoms with van der Waals surface area (Å²) in [4.78, 5) is 161. The average Bonchev–Trinajstić information content (AvgIpc) is 1.59. The van der Waals surface area contributed by atoms with Gasteiger partial charge in [0, 0.05) is 34.6 Å². The number of nitrogen functional groups attached to an aromatic ring is 4. The third-order valence-corrected chi connectivity index (χ3v) is 19.5. The number of aliphatic hydroxyl groups is 6. The number of fused-ring (bicyclic) bond motifs is 6. The topological polar surface area (TPSA) is 686 Å². The lowest BCUT2D eigenvalue weighted by Crippen LogP contribution is -2.40. The number of hydrogen-bond acceptors (Lipinski definition) is 36. The number of nitrogens with two attached hydrogens (primary N) is 5. The number of Topliss-reactive ketones (excluding diaryl/α,β-unsaturated/α-hetero) is 1. The van der Waals surface area contributed by atoms with Gasteiger partial charge < -0.3 is 111 Å². The summed E-state index contributed by atoms with van der Waals surface area (Å²) in [6.07, 6.45) is -16.6. The maximum Gasteiger partial charge on any atom is 0.332 e. The molecule has 0 amide bonds. The molecule has 14 rings (SSSR count). The van der Waals surface area contributed by atoms with Gasteiger partial charge in [-0.3, -0.25) is 67.0 Å². The first-order valence-corrected chi connectivity index (χ1v) is 34.7. The molecule has 20 N–H and O–H groups in total. The van der Waals surface area contributed by atoms with Crippen molar-refractivity contribution in [1.29, 1.82) is 0 Å². The van der Waals surface area contributed by atoms with E-state index < -0.39 is 185 Å². The number of hydrogen-bond donors (Lipinski definition) is 15. The summed E-state index contributed by atoms with van der Waals surface area (Å²) in [6.45, 7) is 14.1. The first-order chi connectivity index (χ1) is 51.9. The molecule has 0 aliphatic carbocycles. The first-order valence-electron chi connectivity index (χ1n) is 34.7. The molecule has 6 aliphatic rings. The van der Waals surface area contributed by atoms with Crippen LogP contribution in [0, 0.1) is 17.8 Å². The largest absolute Gasteiger partial charge is 0.463 e. The van der Waals surface area contributed by atoms with Crippen molar-refractivity contribution in [3.8, 4) is 0 Å². The molecule has 0 aromatic carbocycles. The SMILES string of the molecule is CC(=O)C[C@H](C(=O)OC[C@H]1O[C@@H](n2c(=O)n(C)c3c(=O)[nH]c(N)nc32)C2OC(C)(C)O[C@@H]21)C(C)C.CC(C)[C@H](N)C(=O)OC[C@H]1O[C@@H](n2c(=O)n(C)c3c(=O)[nH]c(N)nc32)[C@H](O)[C@@H]1O.Cl.Cl.Cn1c(=O)n([C@@H]2O[C@H](CO)[C@@H](O)[C@H]2O)c2nc(N)[nH]c(=O)c21.Cn1c(=O)n([C@@H]2O[C@H](CO)[C@H]3OC(C)(C)OC23)c2nc(N)[nH]c(=O)c21. The molecule has 0 spiro atoms. The molecule has 6 fully saturated rings. The molecule has 6 aliphatic heterocycles. The Balaban J connectivity index is 0.000000174. The quantitative estimate of drug-likeness (QED) is 0.0400. The molecule has 113 heavy (non-hydrogen) atoms. The lowest BCUT2D eigenvalue weighted by atomic mass is 9.91. The van der Waals surface area contributed by atoms with Gasteiger partial charge in [0.15, 0.2) is 81.1 Å². The van der Waals surface area contributed by atoms with Crippen molar-refractivity contribution in [1.82, 2.24) is 76.4 Å². The van der Waals surface area contributed by atoms with Crippen LogP contribution in [-0.4, -0.2) is 242 Å². The van der Waals surface area contributed by atoms with Gasteiger partial charge in [-0.1, -0.05) is 27.7 Å². The Labute approximate surface area is 646 Å². The fourth-order valence-corrected chi connectivity index (χ4v) is 14.0. The number of carbonyl (C=O) groups is 3. The summed E-state index contributed by atoms with van der Waals surface area (Å²) in [5.74, 6) is -4.73. The minimum Gasteiger partial charge on any atom is -0.463 e. The fraction of sp³-hybridized carbons (Fsp3) is 0.635. The molecule has 0 radical (unpaired) electrons. The summed E-state index contributed by atoms with van der Waals surface area (Å²) in [5, 5.41) is 59.3. The number of aromatic amines is 4. The number of imidazole rings is 4. The van der Waals surface area contributed by atoms with Crippen molar-refractivity contribution in [3.63, 3.8) is 0 Å². The zero-order chi connectivity index (χ0) is 81.7. The molecule has 2 unspecified atom stereocenters. The number of esters is 2. The highest BCUT2D eigenvalue weighted by Crippen LogP contribution is 2.45. The molecule has 18 atom stereocenters. The van der Waals surface area contributed by atoms with E-state index in [0.717, 1.165) is 22.8 Å². The molecule has 8 aromatic heterocycles. The Morgan fingerprint density at radius 2 is 0.743 bits per heavy atom. The number of halogens is 2. The molecule has 0 saturated carbocycles. The number of aryl methyl sites for hydroxylation is 4. The van der Waals surface area contributed by atoms with Crippen molar-refractivity contribution in [2.24, 2.45) is 51.7 Å². The van der Waals surface area contributed by atoms with Crippen LogP contribution in [0.1, 0.15) is 93.6 Å². The lowest BCUT2D eigenvalue weighted by Gasteiger charge is -2.25. The summed E-state index contributed by atoms with van der Waals surface area (Å²) in [5.41, 5.74) is 23.2. The van der Waals surface area contributed by atoms with E-state index in [2.05, 4.69) is 39.9 Å². The minimum atomic E-state index is -1.55. The molecule has 14 heterocycles. The summed E-state index contributed by atoms with van der Waals surface area (Å²) < 4.78 is 65.8. The number of ketones is 1. The normalized spacial score (nSPS) is 27.1. The summed E-state index contributed by atoms with van der Waals surface area (Å²) >= 11 is 0. The second-order valence-electron chi connectivity index (χ2n) is 28.8. The van der Waals surface area contributed by atoms with E-state index in [1.54, 1.807) is 41.5 Å². The second kappa shape index (κ2) is 33.1. The van der Waals surface area contributed by atoms with Gasteiger partial charge in [-0.05, 0) is 46.5 Å². The van der Waals surface area contributed by atoms with Gasteiger partial charge in [0.2, 0.25) is 23.8 Å². The van der Waals surface area contributed by atoms with Crippen LogP contribution >= 0.6 is 24.8 Å². The predicted octanol–water partition coefficient (Wildman–Crippen LogP) is -6.76. The number of nitrogens with zero attached hydrogens (tertiary/aromatic N) is 12. The molecule has 0 bridgehead atoms. The highest BCUT2D eigenvalue weighted by Gasteiger charge is 2.59. The van der Waals surface area contributed by atoms with Gasteiger partial charge in [-0.15, -0.1) is 24.8 Å². The van der Waals surface area contributed by atoms with Gasteiger partial charge in [0.25, 0.3) is 22.2 Å². The van der Waals surface area contributed by atoms with E-state index in [1.807, 2.05) is 13.8 Å². The highest BCUT2D eigenvalue weighted by molar-refractivity contribution is 5.86.